The van der Waals surface area contributed by atoms with Gasteiger partial charge in [0.25, 0.3) is 5.91 Å². The van der Waals surface area contributed by atoms with Crippen molar-refractivity contribution in [3.05, 3.63) is 125 Å². The van der Waals surface area contributed by atoms with Gasteiger partial charge >= 0.3 is 0 Å². The molecule has 2 aromatic heterocycles. The highest BCUT2D eigenvalue weighted by molar-refractivity contribution is 7.92. The third-order valence-electron chi connectivity index (χ3n) is 6.78. The lowest BCUT2D eigenvalue weighted by molar-refractivity contribution is 0.102. The van der Waals surface area contributed by atoms with Crippen molar-refractivity contribution in [3.63, 3.8) is 0 Å². The van der Waals surface area contributed by atoms with Crippen molar-refractivity contribution >= 4 is 55.4 Å². The number of carbonyl (C=O) groups is 1. The summed E-state index contributed by atoms with van der Waals surface area (Å²) in [6.07, 6.45) is 0. The van der Waals surface area contributed by atoms with Gasteiger partial charge in [-0.3, -0.25) is 4.79 Å². The Morgan fingerprint density at radius 3 is 2.02 bits per heavy atom. The number of benzene rings is 4. The van der Waals surface area contributed by atoms with Crippen LogP contribution in [-0.2, 0) is 9.84 Å². The van der Waals surface area contributed by atoms with Crippen LogP contribution in [0.25, 0.3) is 22.2 Å². The third kappa shape index (κ3) is 4.51. The van der Waals surface area contributed by atoms with Crippen molar-refractivity contribution < 1.29 is 13.2 Å². The summed E-state index contributed by atoms with van der Waals surface area (Å²) >= 11 is 6.04. The molecule has 0 fully saturated rings. The van der Waals surface area contributed by atoms with E-state index in [0.717, 1.165) is 5.56 Å². The van der Waals surface area contributed by atoms with Gasteiger partial charge < -0.3 is 9.88 Å². The number of fused-ring (bicyclic) bond motifs is 2. The standard InChI is InChI=1S/C31H23ClN4O3S/c1-20(21-10-4-2-5-11-21)36-29-27(33-25-14-8-9-15-26(25)34-29)28(40(38,39)24-12-6-3-7-13-24)30(36)35-31(37)22-16-18-23(32)19-17-22/h2-20H,1H3,(H,35,37)/t20-/m1/s1. The SMILES string of the molecule is C[C@H](c1ccccc1)n1c(NC(=O)c2ccc(Cl)cc2)c(S(=O)(=O)c2ccccc2)c2nc3ccccc3nc21. The Bertz CT molecular complexity index is 1970. The second-order valence-electron chi connectivity index (χ2n) is 9.30. The Hall–Kier alpha value is -4.53. The molecule has 0 spiro atoms. The molecule has 0 bridgehead atoms. The van der Waals surface area contributed by atoms with Crippen LogP contribution in [0.3, 0.4) is 0 Å². The normalized spacial score (nSPS) is 12.4. The molecule has 7 nitrogen and oxygen atoms in total. The fraction of sp³-hybridized carbons (Fsp3) is 0.0645. The Morgan fingerprint density at radius 1 is 0.800 bits per heavy atom. The quantitative estimate of drug-likeness (QED) is 0.236. The number of nitrogens with one attached hydrogen (secondary N) is 1. The third-order valence-corrected chi connectivity index (χ3v) is 8.85. The molecule has 9 heteroatoms. The zero-order chi connectivity index (χ0) is 27.9. The summed E-state index contributed by atoms with van der Waals surface area (Å²) in [5.74, 6) is -0.402. The molecule has 0 radical (unpaired) electrons. The molecular formula is C31H23ClN4O3S. The van der Waals surface area contributed by atoms with Gasteiger partial charge in [0.05, 0.1) is 22.0 Å². The van der Waals surface area contributed by atoms with Gasteiger partial charge in [0.2, 0.25) is 9.84 Å². The topological polar surface area (TPSA) is 94.0 Å². The van der Waals surface area contributed by atoms with Crippen LogP contribution in [0.5, 0.6) is 0 Å². The first-order chi connectivity index (χ1) is 19.3. The van der Waals surface area contributed by atoms with Crippen molar-refractivity contribution in [1.29, 1.82) is 0 Å². The predicted octanol–water partition coefficient (Wildman–Crippen LogP) is 6.93. The number of carbonyl (C=O) groups excluding carboxylic acids is 1. The molecule has 198 valence electrons. The maximum absolute atomic E-state index is 14.3. The summed E-state index contributed by atoms with van der Waals surface area (Å²) < 4.78 is 30.3. The number of rotatable bonds is 6. The van der Waals surface area contributed by atoms with Crippen molar-refractivity contribution in [2.24, 2.45) is 0 Å². The number of amides is 1. The van der Waals surface area contributed by atoms with Gasteiger partial charge in [0.15, 0.2) is 5.65 Å². The minimum Gasteiger partial charge on any atom is -0.307 e. The van der Waals surface area contributed by atoms with E-state index in [1.54, 1.807) is 53.1 Å². The molecule has 0 aliphatic carbocycles. The molecule has 0 unspecified atom stereocenters. The number of aromatic nitrogens is 3. The van der Waals surface area contributed by atoms with Gasteiger partial charge in [-0.05, 0) is 61.0 Å². The number of anilines is 1. The highest BCUT2D eigenvalue weighted by atomic mass is 35.5. The molecule has 6 aromatic rings. The zero-order valence-electron chi connectivity index (χ0n) is 21.3. The average Bonchev–Trinajstić information content (AvgIpc) is 3.29. The van der Waals surface area contributed by atoms with Gasteiger partial charge in [-0.25, -0.2) is 18.4 Å². The van der Waals surface area contributed by atoms with Gasteiger partial charge in [-0.15, -0.1) is 0 Å². The zero-order valence-corrected chi connectivity index (χ0v) is 22.9. The van der Waals surface area contributed by atoms with Crippen LogP contribution in [0.2, 0.25) is 5.02 Å². The molecule has 0 saturated heterocycles. The number of para-hydroxylation sites is 2. The maximum atomic E-state index is 14.3. The second kappa shape index (κ2) is 10.2. The summed E-state index contributed by atoms with van der Waals surface area (Å²) in [4.78, 5) is 23.2. The molecule has 0 aliphatic heterocycles. The van der Waals surface area contributed by atoms with E-state index in [-0.39, 0.29) is 21.1 Å². The van der Waals surface area contributed by atoms with Crippen LogP contribution in [0.1, 0.15) is 28.9 Å². The van der Waals surface area contributed by atoms with Crippen LogP contribution in [-0.4, -0.2) is 28.9 Å². The molecule has 40 heavy (non-hydrogen) atoms. The first-order valence-electron chi connectivity index (χ1n) is 12.6. The van der Waals surface area contributed by atoms with Crippen LogP contribution in [0, 0.1) is 0 Å². The Balaban J connectivity index is 1.70. The van der Waals surface area contributed by atoms with E-state index in [4.69, 9.17) is 21.6 Å². The molecule has 1 amide bonds. The molecule has 2 heterocycles. The average molecular weight is 567 g/mol. The van der Waals surface area contributed by atoms with Gasteiger partial charge in [-0.1, -0.05) is 72.3 Å². The van der Waals surface area contributed by atoms with E-state index in [9.17, 15) is 13.2 Å². The highest BCUT2D eigenvalue weighted by Gasteiger charge is 2.34. The summed E-state index contributed by atoms with van der Waals surface area (Å²) in [7, 11) is -4.15. The lowest BCUT2D eigenvalue weighted by atomic mass is 10.1. The smallest absolute Gasteiger partial charge is 0.256 e. The molecule has 6 rings (SSSR count). The van der Waals surface area contributed by atoms with Crippen molar-refractivity contribution in [3.8, 4) is 0 Å². The number of sulfone groups is 1. The molecule has 4 aromatic carbocycles. The van der Waals surface area contributed by atoms with E-state index < -0.39 is 21.8 Å². The van der Waals surface area contributed by atoms with E-state index in [1.165, 1.54) is 12.1 Å². The number of nitrogens with zero attached hydrogens (tertiary/aromatic N) is 3. The van der Waals surface area contributed by atoms with E-state index in [1.807, 2.05) is 55.5 Å². The monoisotopic (exact) mass is 566 g/mol. The van der Waals surface area contributed by atoms with E-state index in [0.29, 0.717) is 27.3 Å². The fourth-order valence-corrected chi connectivity index (χ4v) is 6.44. The first-order valence-corrected chi connectivity index (χ1v) is 14.4. The summed E-state index contributed by atoms with van der Waals surface area (Å²) in [5.41, 5.74) is 2.89. The van der Waals surface area contributed by atoms with Crippen molar-refractivity contribution in [1.82, 2.24) is 14.5 Å². The van der Waals surface area contributed by atoms with Gasteiger partial charge in [0, 0.05) is 10.6 Å². The van der Waals surface area contributed by atoms with E-state index >= 15 is 0 Å². The summed E-state index contributed by atoms with van der Waals surface area (Å²) in [6.45, 7) is 1.93. The van der Waals surface area contributed by atoms with Crippen LogP contribution in [0.15, 0.2) is 119 Å². The van der Waals surface area contributed by atoms with Crippen molar-refractivity contribution in [2.45, 2.75) is 22.8 Å². The Morgan fingerprint density at radius 2 is 1.38 bits per heavy atom. The maximum Gasteiger partial charge on any atom is 0.256 e. The van der Waals surface area contributed by atoms with Gasteiger partial charge in [0.1, 0.15) is 16.2 Å². The first kappa shape index (κ1) is 25.7. The summed E-state index contributed by atoms with van der Waals surface area (Å²) in [5, 5.41) is 3.39. The van der Waals surface area contributed by atoms with Crippen LogP contribution in [0.4, 0.5) is 5.82 Å². The molecule has 0 aliphatic rings. The minimum absolute atomic E-state index is 0.0818. The summed E-state index contributed by atoms with van der Waals surface area (Å²) in [6, 6.07) is 31.0. The second-order valence-corrected chi connectivity index (χ2v) is 11.6. The Labute approximate surface area is 236 Å². The predicted molar refractivity (Wildman–Crippen MR) is 157 cm³/mol. The number of halogens is 1. The largest absolute Gasteiger partial charge is 0.307 e. The molecule has 1 atom stereocenters. The highest BCUT2D eigenvalue weighted by Crippen LogP contribution is 2.40. The van der Waals surface area contributed by atoms with Crippen LogP contribution < -0.4 is 5.32 Å². The minimum atomic E-state index is -4.15. The fourth-order valence-electron chi connectivity index (χ4n) is 4.77. The molecule has 0 saturated carbocycles. The van der Waals surface area contributed by atoms with Gasteiger partial charge in [-0.2, -0.15) is 0 Å². The molecular weight excluding hydrogens is 544 g/mol. The Kier molecular flexibility index (Phi) is 6.57. The lowest BCUT2D eigenvalue weighted by Crippen LogP contribution is -2.19. The molecule has 1 N–H and O–H groups in total. The lowest BCUT2D eigenvalue weighted by Gasteiger charge is -2.20. The van der Waals surface area contributed by atoms with Crippen LogP contribution >= 0.6 is 11.6 Å². The van der Waals surface area contributed by atoms with Crippen molar-refractivity contribution in [2.75, 3.05) is 5.32 Å². The van der Waals surface area contributed by atoms with E-state index in [2.05, 4.69) is 5.32 Å². The number of hydrogen-bond donors (Lipinski definition) is 1. The number of hydrogen-bond acceptors (Lipinski definition) is 5.